The van der Waals surface area contributed by atoms with Crippen LogP contribution in [0.2, 0.25) is 0 Å². The molecule has 1 aromatic carbocycles. The average molecular weight is 215 g/mol. The van der Waals surface area contributed by atoms with Crippen molar-refractivity contribution in [3.05, 3.63) is 48.3 Å². The predicted octanol–water partition coefficient (Wildman–Crippen LogP) is 2.37. The molecule has 2 aromatic rings. The lowest BCUT2D eigenvalue weighted by Gasteiger charge is -2.05. The fourth-order valence-electron chi connectivity index (χ4n) is 1.50. The zero-order valence-corrected chi connectivity index (χ0v) is 9.72. The van der Waals surface area contributed by atoms with Crippen molar-refractivity contribution < 1.29 is 0 Å². The van der Waals surface area contributed by atoms with Crippen LogP contribution in [-0.4, -0.2) is 15.8 Å². The van der Waals surface area contributed by atoms with Gasteiger partial charge in [-0.25, -0.2) is 4.68 Å². The molecule has 0 aliphatic carbocycles. The van der Waals surface area contributed by atoms with E-state index in [1.54, 1.807) is 0 Å². The SMILES string of the molecule is CC(C)NCc1cnn(-c2ccccc2)c1. The van der Waals surface area contributed by atoms with Crippen molar-refractivity contribution >= 4 is 0 Å². The second-order valence-corrected chi connectivity index (χ2v) is 4.16. The molecule has 2 rings (SSSR count). The number of hydrogen-bond acceptors (Lipinski definition) is 2. The first-order valence-corrected chi connectivity index (χ1v) is 5.58. The van der Waals surface area contributed by atoms with Gasteiger partial charge in [-0.3, -0.25) is 0 Å². The van der Waals surface area contributed by atoms with Gasteiger partial charge in [0.25, 0.3) is 0 Å². The highest BCUT2D eigenvalue weighted by atomic mass is 15.3. The Kier molecular flexibility index (Phi) is 3.37. The van der Waals surface area contributed by atoms with Gasteiger partial charge < -0.3 is 5.32 Å². The normalized spacial score (nSPS) is 10.9. The molecule has 0 aliphatic rings. The summed E-state index contributed by atoms with van der Waals surface area (Å²) in [4.78, 5) is 0. The highest BCUT2D eigenvalue weighted by Gasteiger charge is 2.00. The summed E-state index contributed by atoms with van der Waals surface area (Å²) >= 11 is 0. The van der Waals surface area contributed by atoms with Crippen molar-refractivity contribution in [3.63, 3.8) is 0 Å². The van der Waals surface area contributed by atoms with Crippen LogP contribution in [0.15, 0.2) is 42.7 Å². The quantitative estimate of drug-likeness (QED) is 0.848. The average Bonchev–Trinajstić information content (AvgIpc) is 2.76. The van der Waals surface area contributed by atoms with E-state index >= 15 is 0 Å². The van der Waals surface area contributed by atoms with Crippen LogP contribution in [0.3, 0.4) is 0 Å². The molecule has 0 spiro atoms. The van der Waals surface area contributed by atoms with Gasteiger partial charge in [-0.15, -0.1) is 0 Å². The molecule has 0 unspecified atom stereocenters. The first kappa shape index (κ1) is 10.9. The number of para-hydroxylation sites is 1. The molecule has 1 N–H and O–H groups in total. The predicted molar refractivity (Wildman–Crippen MR) is 65.5 cm³/mol. The molecular weight excluding hydrogens is 198 g/mol. The number of hydrogen-bond donors (Lipinski definition) is 1. The van der Waals surface area contributed by atoms with E-state index in [0.717, 1.165) is 12.2 Å². The number of aromatic nitrogens is 2. The molecule has 0 bridgehead atoms. The van der Waals surface area contributed by atoms with Gasteiger partial charge in [-0.05, 0) is 12.1 Å². The van der Waals surface area contributed by atoms with E-state index in [1.807, 2.05) is 41.2 Å². The Bertz CT molecular complexity index is 431. The molecule has 3 nitrogen and oxygen atoms in total. The Morgan fingerprint density at radius 2 is 2.00 bits per heavy atom. The summed E-state index contributed by atoms with van der Waals surface area (Å²) in [5.41, 5.74) is 2.30. The molecule has 0 aliphatic heterocycles. The standard InChI is InChI=1S/C13H17N3/c1-11(2)14-8-12-9-15-16(10-12)13-6-4-3-5-7-13/h3-7,9-11,14H,8H2,1-2H3. The van der Waals surface area contributed by atoms with Crippen molar-refractivity contribution in [3.8, 4) is 5.69 Å². The topological polar surface area (TPSA) is 29.9 Å². The molecular formula is C13H17N3. The molecule has 0 amide bonds. The van der Waals surface area contributed by atoms with Crippen molar-refractivity contribution in [2.45, 2.75) is 26.4 Å². The molecule has 1 heterocycles. The minimum atomic E-state index is 0.500. The third-order valence-corrected chi connectivity index (χ3v) is 2.37. The first-order chi connectivity index (χ1) is 7.75. The minimum Gasteiger partial charge on any atom is -0.310 e. The zero-order valence-electron chi connectivity index (χ0n) is 9.72. The van der Waals surface area contributed by atoms with Gasteiger partial charge >= 0.3 is 0 Å². The number of rotatable bonds is 4. The second kappa shape index (κ2) is 4.94. The third-order valence-electron chi connectivity index (χ3n) is 2.37. The summed E-state index contributed by atoms with van der Waals surface area (Å²) in [6.45, 7) is 5.15. The van der Waals surface area contributed by atoms with E-state index in [-0.39, 0.29) is 0 Å². The molecule has 84 valence electrons. The highest BCUT2D eigenvalue weighted by Crippen LogP contribution is 2.07. The van der Waals surface area contributed by atoms with E-state index in [2.05, 4.69) is 30.5 Å². The molecule has 1 aromatic heterocycles. The fourth-order valence-corrected chi connectivity index (χ4v) is 1.50. The van der Waals surface area contributed by atoms with Crippen molar-refractivity contribution in [2.75, 3.05) is 0 Å². The maximum Gasteiger partial charge on any atom is 0.0645 e. The smallest absolute Gasteiger partial charge is 0.0645 e. The van der Waals surface area contributed by atoms with Gasteiger partial charge in [-0.2, -0.15) is 5.10 Å². The first-order valence-electron chi connectivity index (χ1n) is 5.58. The van der Waals surface area contributed by atoms with E-state index in [9.17, 15) is 0 Å². The van der Waals surface area contributed by atoms with Gasteiger partial charge in [0.1, 0.15) is 0 Å². The molecule has 0 atom stereocenters. The monoisotopic (exact) mass is 215 g/mol. The van der Waals surface area contributed by atoms with E-state index in [4.69, 9.17) is 0 Å². The lowest BCUT2D eigenvalue weighted by Crippen LogP contribution is -2.21. The van der Waals surface area contributed by atoms with Crippen LogP contribution >= 0.6 is 0 Å². The van der Waals surface area contributed by atoms with Crippen molar-refractivity contribution in [1.29, 1.82) is 0 Å². The Balaban J connectivity index is 2.08. The Morgan fingerprint density at radius 1 is 1.25 bits per heavy atom. The van der Waals surface area contributed by atoms with E-state index < -0.39 is 0 Å². The summed E-state index contributed by atoms with van der Waals surface area (Å²) in [5.74, 6) is 0. The van der Waals surface area contributed by atoms with Crippen LogP contribution in [0.5, 0.6) is 0 Å². The molecule has 0 saturated carbocycles. The van der Waals surface area contributed by atoms with Crippen LogP contribution in [0.4, 0.5) is 0 Å². The largest absolute Gasteiger partial charge is 0.310 e. The van der Waals surface area contributed by atoms with Gasteiger partial charge in [0.05, 0.1) is 11.9 Å². The van der Waals surface area contributed by atoms with Crippen LogP contribution in [0.1, 0.15) is 19.4 Å². The van der Waals surface area contributed by atoms with Gasteiger partial charge in [0, 0.05) is 24.3 Å². The highest BCUT2D eigenvalue weighted by molar-refractivity contribution is 5.30. The molecule has 16 heavy (non-hydrogen) atoms. The van der Waals surface area contributed by atoms with E-state index in [1.165, 1.54) is 5.56 Å². The van der Waals surface area contributed by atoms with E-state index in [0.29, 0.717) is 6.04 Å². The molecule has 0 radical (unpaired) electrons. The summed E-state index contributed by atoms with van der Waals surface area (Å²) in [5, 5.41) is 7.71. The lowest BCUT2D eigenvalue weighted by molar-refractivity contribution is 0.589. The molecule has 3 heteroatoms. The van der Waals surface area contributed by atoms with Gasteiger partial charge in [0.2, 0.25) is 0 Å². The summed E-state index contributed by atoms with van der Waals surface area (Å²) < 4.78 is 1.90. The van der Waals surface area contributed by atoms with Crippen LogP contribution in [-0.2, 0) is 6.54 Å². The Labute approximate surface area is 96.1 Å². The summed E-state index contributed by atoms with van der Waals surface area (Å²) in [6, 6.07) is 10.6. The fraction of sp³-hybridized carbons (Fsp3) is 0.308. The minimum absolute atomic E-state index is 0.500. The van der Waals surface area contributed by atoms with Crippen molar-refractivity contribution in [2.24, 2.45) is 0 Å². The van der Waals surface area contributed by atoms with Gasteiger partial charge in [0.15, 0.2) is 0 Å². The Hall–Kier alpha value is -1.61. The van der Waals surface area contributed by atoms with Crippen LogP contribution in [0, 0.1) is 0 Å². The molecule has 0 fully saturated rings. The molecule has 0 saturated heterocycles. The van der Waals surface area contributed by atoms with Crippen LogP contribution < -0.4 is 5.32 Å². The lowest BCUT2D eigenvalue weighted by atomic mass is 10.3. The maximum atomic E-state index is 4.34. The summed E-state index contributed by atoms with van der Waals surface area (Å²) in [7, 11) is 0. The van der Waals surface area contributed by atoms with Crippen molar-refractivity contribution in [1.82, 2.24) is 15.1 Å². The summed E-state index contributed by atoms with van der Waals surface area (Å²) in [6.07, 6.45) is 3.97. The van der Waals surface area contributed by atoms with Crippen LogP contribution in [0.25, 0.3) is 5.69 Å². The second-order valence-electron chi connectivity index (χ2n) is 4.16. The number of nitrogens with one attached hydrogen (secondary N) is 1. The zero-order chi connectivity index (χ0) is 11.4. The number of benzene rings is 1. The third kappa shape index (κ3) is 2.70. The maximum absolute atomic E-state index is 4.34. The Morgan fingerprint density at radius 3 is 2.69 bits per heavy atom. The van der Waals surface area contributed by atoms with Gasteiger partial charge in [-0.1, -0.05) is 32.0 Å². The number of nitrogens with zero attached hydrogens (tertiary/aromatic N) is 2.